The third-order valence-electron chi connectivity index (χ3n) is 4.81. The molecule has 1 atom stereocenters. The number of hydrogen-bond donors (Lipinski definition) is 1. The Morgan fingerprint density at radius 1 is 1.20 bits per heavy atom. The van der Waals surface area contributed by atoms with E-state index in [1.807, 2.05) is 30.1 Å². The van der Waals surface area contributed by atoms with Crippen LogP contribution in [0, 0.1) is 5.92 Å². The summed E-state index contributed by atoms with van der Waals surface area (Å²) in [7, 11) is 1.90. The first kappa shape index (κ1) is 13.6. The molecule has 0 aromatic heterocycles. The minimum absolute atomic E-state index is 0.0181. The zero-order valence-corrected chi connectivity index (χ0v) is 12.3. The van der Waals surface area contributed by atoms with E-state index in [9.17, 15) is 4.79 Å². The van der Waals surface area contributed by atoms with Gasteiger partial charge in [0.05, 0.1) is 6.04 Å². The second-order valence-electron chi connectivity index (χ2n) is 6.20. The van der Waals surface area contributed by atoms with Crippen molar-refractivity contribution >= 4 is 11.6 Å². The summed E-state index contributed by atoms with van der Waals surface area (Å²) in [4.78, 5) is 14.5. The Bertz CT molecular complexity index is 480. The fraction of sp³-hybridized carbons (Fsp3) is 0.588. The molecule has 2 aliphatic rings. The van der Waals surface area contributed by atoms with Gasteiger partial charge in [-0.05, 0) is 24.0 Å². The summed E-state index contributed by atoms with van der Waals surface area (Å²) in [6.45, 7) is 0.795. The van der Waals surface area contributed by atoms with Gasteiger partial charge in [0, 0.05) is 19.3 Å². The van der Waals surface area contributed by atoms with Gasteiger partial charge in [0.2, 0.25) is 5.91 Å². The molecule has 1 unspecified atom stereocenters. The van der Waals surface area contributed by atoms with E-state index in [4.69, 9.17) is 0 Å². The maximum Gasteiger partial charge on any atom is 0.243 e. The first-order valence-corrected chi connectivity index (χ1v) is 7.84. The molecule has 3 rings (SSSR count). The normalized spacial score (nSPS) is 24.4. The van der Waals surface area contributed by atoms with Crippen molar-refractivity contribution in [1.82, 2.24) is 5.32 Å². The van der Waals surface area contributed by atoms with Crippen LogP contribution in [0.3, 0.4) is 0 Å². The van der Waals surface area contributed by atoms with Gasteiger partial charge < -0.3 is 10.2 Å². The fourth-order valence-corrected chi connectivity index (χ4v) is 3.60. The van der Waals surface area contributed by atoms with E-state index in [1.165, 1.54) is 37.7 Å². The van der Waals surface area contributed by atoms with Gasteiger partial charge in [-0.1, -0.05) is 50.3 Å². The molecule has 20 heavy (non-hydrogen) atoms. The van der Waals surface area contributed by atoms with Gasteiger partial charge in [-0.25, -0.2) is 0 Å². The largest absolute Gasteiger partial charge is 0.314 e. The number of likely N-dealkylation sites (N-methyl/N-ethyl adjacent to an activating group) is 1. The van der Waals surface area contributed by atoms with Crippen LogP contribution in [0.2, 0.25) is 0 Å². The Kier molecular flexibility index (Phi) is 4.06. The van der Waals surface area contributed by atoms with Gasteiger partial charge in [-0.2, -0.15) is 0 Å². The summed E-state index contributed by atoms with van der Waals surface area (Å²) in [5.41, 5.74) is 2.27. The first-order chi connectivity index (χ1) is 9.75. The molecule has 0 spiro atoms. The van der Waals surface area contributed by atoms with E-state index in [1.54, 1.807) is 0 Å². The molecule has 0 bridgehead atoms. The minimum atomic E-state index is -0.0181. The highest BCUT2D eigenvalue weighted by Crippen LogP contribution is 2.30. The maximum absolute atomic E-state index is 12.6. The molecule has 1 aromatic rings. The van der Waals surface area contributed by atoms with Crippen molar-refractivity contribution in [1.29, 1.82) is 0 Å². The van der Waals surface area contributed by atoms with Gasteiger partial charge in [0.25, 0.3) is 0 Å². The van der Waals surface area contributed by atoms with Gasteiger partial charge in [0.15, 0.2) is 0 Å². The van der Waals surface area contributed by atoms with Crippen molar-refractivity contribution in [3.8, 4) is 0 Å². The lowest BCUT2D eigenvalue weighted by atomic mass is 9.84. The number of amides is 1. The van der Waals surface area contributed by atoms with E-state index in [2.05, 4.69) is 11.4 Å². The number of hydrogen-bond acceptors (Lipinski definition) is 2. The van der Waals surface area contributed by atoms with Crippen LogP contribution in [-0.4, -0.2) is 19.0 Å². The fourth-order valence-electron chi connectivity index (χ4n) is 3.60. The monoisotopic (exact) mass is 272 g/mol. The number of para-hydroxylation sites is 1. The lowest BCUT2D eigenvalue weighted by molar-refractivity contribution is -0.120. The highest BCUT2D eigenvalue weighted by molar-refractivity contribution is 5.98. The minimum Gasteiger partial charge on any atom is -0.314 e. The lowest BCUT2D eigenvalue weighted by Crippen LogP contribution is -2.43. The zero-order valence-electron chi connectivity index (χ0n) is 12.3. The molecule has 1 amide bonds. The van der Waals surface area contributed by atoms with Gasteiger partial charge in [0.1, 0.15) is 0 Å². The topological polar surface area (TPSA) is 32.3 Å². The van der Waals surface area contributed by atoms with E-state index in [-0.39, 0.29) is 11.9 Å². The van der Waals surface area contributed by atoms with E-state index < -0.39 is 0 Å². The third kappa shape index (κ3) is 2.73. The maximum atomic E-state index is 12.6. The second-order valence-corrected chi connectivity index (χ2v) is 6.20. The molecule has 3 heteroatoms. The summed E-state index contributed by atoms with van der Waals surface area (Å²) < 4.78 is 0. The summed E-state index contributed by atoms with van der Waals surface area (Å²) in [6.07, 6.45) is 7.62. The molecular weight excluding hydrogens is 248 g/mol. The number of carbonyl (C=O) groups excluding carboxylic acids is 1. The van der Waals surface area contributed by atoms with Crippen molar-refractivity contribution in [2.45, 2.75) is 51.1 Å². The Labute approximate surface area is 121 Å². The van der Waals surface area contributed by atoms with Crippen LogP contribution in [0.1, 0.15) is 44.1 Å². The van der Waals surface area contributed by atoms with Crippen molar-refractivity contribution in [3.05, 3.63) is 29.8 Å². The average Bonchev–Trinajstić information content (AvgIpc) is 2.61. The zero-order chi connectivity index (χ0) is 13.9. The average molecular weight is 272 g/mol. The van der Waals surface area contributed by atoms with Crippen LogP contribution in [0.15, 0.2) is 24.3 Å². The Balaban J connectivity index is 1.73. The molecule has 1 N–H and O–H groups in total. The number of nitrogens with zero attached hydrogens (tertiary/aromatic N) is 1. The van der Waals surface area contributed by atoms with Crippen molar-refractivity contribution in [3.63, 3.8) is 0 Å². The molecular formula is C17H24N2O. The Hall–Kier alpha value is -1.35. The highest BCUT2D eigenvalue weighted by Gasteiger charge is 2.29. The molecule has 0 radical (unpaired) electrons. The molecule has 3 nitrogen and oxygen atoms in total. The number of carbonyl (C=O) groups is 1. The van der Waals surface area contributed by atoms with E-state index >= 15 is 0 Å². The molecule has 1 aliphatic heterocycles. The second kappa shape index (κ2) is 5.96. The number of rotatable bonds is 2. The predicted octanol–water partition coefficient (Wildman–Crippen LogP) is 3.09. The van der Waals surface area contributed by atoms with Gasteiger partial charge in [-0.15, -0.1) is 0 Å². The van der Waals surface area contributed by atoms with Gasteiger partial charge in [-0.3, -0.25) is 4.79 Å². The van der Waals surface area contributed by atoms with Crippen molar-refractivity contribution in [2.75, 3.05) is 11.9 Å². The van der Waals surface area contributed by atoms with Gasteiger partial charge >= 0.3 is 0 Å². The number of benzene rings is 1. The lowest BCUT2D eigenvalue weighted by Gasteiger charge is -2.27. The molecule has 1 aliphatic carbocycles. The summed E-state index contributed by atoms with van der Waals surface area (Å²) in [5, 5.41) is 3.47. The van der Waals surface area contributed by atoms with E-state index in [0.717, 1.165) is 24.6 Å². The predicted molar refractivity (Wildman–Crippen MR) is 81.7 cm³/mol. The van der Waals surface area contributed by atoms with Crippen LogP contribution in [0.4, 0.5) is 5.69 Å². The van der Waals surface area contributed by atoms with Crippen LogP contribution >= 0.6 is 0 Å². The molecule has 1 fully saturated rings. The third-order valence-corrected chi connectivity index (χ3v) is 4.81. The van der Waals surface area contributed by atoms with Crippen LogP contribution in [0.25, 0.3) is 0 Å². The first-order valence-electron chi connectivity index (χ1n) is 7.84. The molecule has 1 aromatic carbocycles. The van der Waals surface area contributed by atoms with E-state index in [0.29, 0.717) is 0 Å². The Morgan fingerprint density at radius 2 is 1.95 bits per heavy atom. The smallest absolute Gasteiger partial charge is 0.243 e. The Morgan fingerprint density at radius 3 is 2.75 bits per heavy atom. The molecule has 108 valence electrons. The standard InChI is InChI=1S/C17H24N2O/c1-19-16-10-6-5-9-14(16)12-18-15(17(19)20)11-13-7-3-2-4-8-13/h5-6,9-10,13,15,18H,2-4,7-8,11-12H2,1H3. The SMILES string of the molecule is CN1C(=O)C(CC2CCCCC2)NCc2ccccc21. The summed E-state index contributed by atoms with van der Waals surface area (Å²) in [5.74, 6) is 0.945. The highest BCUT2D eigenvalue weighted by atomic mass is 16.2. The van der Waals surface area contributed by atoms with Crippen molar-refractivity contribution < 1.29 is 4.79 Å². The molecule has 1 saturated carbocycles. The summed E-state index contributed by atoms with van der Waals surface area (Å²) in [6, 6.07) is 8.17. The molecule has 1 heterocycles. The number of fused-ring (bicyclic) bond motifs is 1. The van der Waals surface area contributed by atoms with Crippen LogP contribution in [-0.2, 0) is 11.3 Å². The number of nitrogens with one attached hydrogen (secondary N) is 1. The summed E-state index contributed by atoms with van der Waals surface area (Å²) >= 11 is 0. The van der Waals surface area contributed by atoms with Crippen molar-refractivity contribution in [2.24, 2.45) is 5.92 Å². The molecule has 0 saturated heterocycles. The van der Waals surface area contributed by atoms with Crippen LogP contribution < -0.4 is 10.2 Å². The quantitative estimate of drug-likeness (QED) is 0.897. The van der Waals surface area contributed by atoms with Crippen LogP contribution in [0.5, 0.6) is 0 Å². The number of anilines is 1.